The Balaban J connectivity index is 1.85. The topological polar surface area (TPSA) is 38.1 Å². The number of aryl methyl sites for hydroxylation is 1. The van der Waals surface area contributed by atoms with Gasteiger partial charge in [-0.15, -0.1) is 0 Å². The Morgan fingerprint density at radius 2 is 2.35 bits per heavy atom. The van der Waals surface area contributed by atoms with Gasteiger partial charge in [0, 0.05) is 18.7 Å². The maximum Gasteiger partial charge on any atom is 0.103 e. The number of halogens is 1. The number of furan rings is 1. The molecule has 0 fully saturated rings. The summed E-state index contributed by atoms with van der Waals surface area (Å²) in [6.07, 6.45) is 7.02. The van der Waals surface area contributed by atoms with Crippen molar-refractivity contribution in [1.29, 1.82) is 0 Å². The van der Waals surface area contributed by atoms with Crippen molar-refractivity contribution in [2.75, 3.05) is 5.32 Å². The highest BCUT2D eigenvalue weighted by molar-refractivity contribution is 6.33. The van der Waals surface area contributed by atoms with Gasteiger partial charge in [-0.25, -0.2) is 0 Å². The lowest BCUT2D eigenvalue weighted by Crippen LogP contribution is -2.16. The number of hydrogen-bond donors (Lipinski definition) is 1. The van der Waals surface area contributed by atoms with Crippen LogP contribution in [0.2, 0.25) is 5.02 Å². The van der Waals surface area contributed by atoms with E-state index in [9.17, 15) is 0 Å². The van der Waals surface area contributed by atoms with E-state index in [1.807, 2.05) is 12.1 Å². The zero-order valence-corrected chi connectivity index (χ0v) is 10.4. The fourth-order valence-corrected chi connectivity index (χ4v) is 1.79. The van der Waals surface area contributed by atoms with Crippen LogP contribution in [0.1, 0.15) is 19.1 Å². The summed E-state index contributed by atoms with van der Waals surface area (Å²) >= 11 is 6.05. The van der Waals surface area contributed by atoms with Crippen LogP contribution in [0.15, 0.2) is 41.3 Å². The number of rotatable bonds is 5. The molecule has 1 unspecified atom stereocenters. The van der Waals surface area contributed by atoms with Gasteiger partial charge >= 0.3 is 0 Å². The molecule has 2 rings (SSSR count). The predicted octanol–water partition coefficient (Wildman–Crippen LogP) is 3.76. The Hall–Kier alpha value is -1.48. The molecule has 0 saturated carbocycles. The standard InChI is InChI=1S/C13H15ClN2O/c1-10(4-5-11-3-2-8-17-11)16-13-9-15-7-6-12(13)14/h2-3,6-10,16H,4-5H2,1H3. The van der Waals surface area contributed by atoms with E-state index < -0.39 is 0 Å². The van der Waals surface area contributed by atoms with E-state index in [0.717, 1.165) is 24.3 Å². The van der Waals surface area contributed by atoms with E-state index in [2.05, 4.69) is 17.2 Å². The molecule has 1 atom stereocenters. The molecule has 2 aromatic rings. The summed E-state index contributed by atoms with van der Waals surface area (Å²) in [6.45, 7) is 2.12. The van der Waals surface area contributed by atoms with Crippen LogP contribution in [0.25, 0.3) is 0 Å². The van der Waals surface area contributed by atoms with Crippen LogP contribution in [-0.2, 0) is 6.42 Å². The smallest absolute Gasteiger partial charge is 0.103 e. The van der Waals surface area contributed by atoms with Crippen molar-refractivity contribution in [1.82, 2.24) is 4.98 Å². The lowest BCUT2D eigenvalue weighted by Gasteiger charge is -2.15. The third kappa shape index (κ3) is 3.49. The second kappa shape index (κ2) is 5.73. The lowest BCUT2D eigenvalue weighted by atomic mass is 10.1. The zero-order valence-electron chi connectivity index (χ0n) is 9.69. The summed E-state index contributed by atoms with van der Waals surface area (Å²) in [5.74, 6) is 1.01. The van der Waals surface area contributed by atoms with E-state index >= 15 is 0 Å². The maximum atomic E-state index is 6.05. The first-order valence-electron chi connectivity index (χ1n) is 5.64. The van der Waals surface area contributed by atoms with Gasteiger partial charge in [-0.2, -0.15) is 0 Å². The largest absolute Gasteiger partial charge is 0.469 e. The number of anilines is 1. The quantitative estimate of drug-likeness (QED) is 0.878. The fraction of sp³-hybridized carbons (Fsp3) is 0.308. The van der Waals surface area contributed by atoms with Crippen LogP contribution < -0.4 is 5.32 Å². The summed E-state index contributed by atoms with van der Waals surface area (Å²) < 4.78 is 5.29. The van der Waals surface area contributed by atoms with E-state index in [4.69, 9.17) is 16.0 Å². The first-order valence-corrected chi connectivity index (χ1v) is 6.02. The second-order valence-electron chi connectivity index (χ2n) is 4.02. The molecule has 0 radical (unpaired) electrons. The van der Waals surface area contributed by atoms with Crippen LogP contribution in [0.3, 0.4) is 0 Å². The van der Waals surface area contributed by atoms with Gasteiger partial charge in [-0.3, -0.25) is 4.98 Å². The summed E-state index contributed by atoms with van der Waals surface area (Å²) in [4.78, 5) is 4.04. The molecule has 0 aliphatic heterocycles. The number of pyridine rings is 1. The van der Waals surface area contributed by atoms with Gasteiger partial charge in [0.1, 0.15) is 5.76 Å². The highest BCUT2D eigenvalue weighted by atomic mass is 35.5. The molecule has 0 spiro atoms. The monoisotopic (exact) mass is 250 g/mol. The van der Waals surface area contributed by atoms with Crippen LogP contribution in [0.4, 0.5) is 5.69 Å². The van der Waals surface area contributed by atoms with Crippen LogP contribution in [0, 0.1) is 0 Å². The van der Waals surface area contributed by atoms with Crippen molar-refractivity contribution in [2.45, 2.75) is 25.8 Å². The van der Waals surface area contributed by atoms with Crippen LogP contribution in [-0.4, -0.2) is 11.0 Å². The summed E-state index contributed by atoms with van der Waals surface area (Å²) in [6, 6.07) is 6.00. The number of nitrogens with one attached hydrogen (secondary N) is 1. The molecular formula is C13H15ClN2O. The van der Waals surface area contributed by atoms with Crippen molar-refractivity contribution in [2.24, 2.45) is 0 Å². The molecule has 4 heteroatoms. The van der Waals surface area contributed by atoms with Gasteiger partial charge < -0.3 is 9.73 Å². The second-order valence-corrected chi connectivity index (χ2v) is 4.43. The molecular weight excluding hydrogens is 236 g/mol. The minimum Gasteiger partial charge on any atom is -0.469 e. The molecule has 0 bridgehead atoms. The summed E-state index contributed by atoms with van der Waals surface area (Å²) in [7, 11) is 0. The first kappa shape index (κ1) is 12.0. The molecule has 3 nitrogen and oxygen atoms in total. The van der Waals surface area contributed by atoms with Crippen molar-refractivity contribution in [3.8, 4) is 0 Å². The Kier molecular flexibility index (Phi) is 4.04. The minimum atomic E-state index is 0.321. The van der Waals surface area contributed by atoms with Crippen molar-refractivity contribution in [3.63, 3.8) is 0 Å². The average Bonchev–Trinajstić information content (AvgIpc) is 2.82. The third-order valence-electron chi connectivity index (χ3n) is 2.57. The Bertz CT molecular complexity index is 456. The molecule has 0 amide bonds. The number of nitrogens with zero attached hydrogens (tertiary/aromatic N) is 1. The van der Waals surface area contributed by atoms with Gasteiger partial charge in [-0.05, 0) is 31.5 Å². The van der Waals surface area contributed by atoms with Crippen LogP contribution in [0.5, 0.6) is 0 Å². The highest BCUT2D eigenvalue weighted by Gasteiger charge is 2.06. The third-order valence-corrected chi connectivity index (χ3v) is 2.90. The number of aromatic nitrogens is 1. The van der Waals surface area contributed by atoms with Crippen molar-refractivity contribution >= 4 is 17.3 Å². The fourth-order valence-electron chi connectivity index (χ4n) is 1.63. The maximum absolute atomic E-state index is 6.05. The van der Waals surface area contributed by atoms with Gasteiger partial charge in [0.05, 0.1) is 23.2 Å². The van der Waals surface area contributed by atoms with E-state index in [1.54, 1.807) is 24.7 Å². The van der Waals surface area contributed by atoms with E-state index in [0.29, 0.717) is 11.1 Å². The SMILES string of the molecule is CC(CCc1ccco1)Nc1cnccc1Cl. The summed E-state index contributed by atoms with van der Waals surface area (Å²) in [5.41, 5.74) is 0.876. The Morgan fingerprint density at radius 1 is 1.47 bits per heavy atom. The molecule has 0 saturated heterocycles. The number of hydrogen-bond acceptors (Lipinski definition) is 3. The Labute approximate surface area is 106 Å². The molecule has 0 aliphatic carbocycles. The van der Waals surface area contributed by atoms with Crippen molar-refractivity contribution in [3.05, 3.63) is 47.6 Å². The van der Waals surface area contributed by atoms with Gasteiger partial charge in [-0.1, -0.05) is 11.6 Å². The van der Waals surface area contributed by atoms with Crippen molar-refractivity contribution < 1.29 is 4.42 Å². The minimum absolute atomic E-state index is 0.321. The molecule has 17 heavy (non-hydrogen) atoms. The molecule has 1 N–H and O–H groups in total. The van der Waals surface area contributed by atoms with E-state index in [-0.39, 0.29) is 0 Å². The summed E-state index contributed by atoms with van der Waals surface area (Å²) in [5, 5.41) is 4.04. The average molecular weight is 251 g/mol. The molecule has 2 aromatic heterocycles. The van der Waals surface area contributed by atoms with Gasteiger partial charge in [0.2, 0.25) is 0 Å². The first-order chi connectivity index (χ1) is 8.25. The molecule has 2 heterocycles. The van der Waals surface area contributed by atoms with Gasteiger partial charge in [0.25, 0.3) is 0 Å². The van der Waals surface area contributed by atoms with E-state index in [1.165, 1.54) is 0 Å². The lowest BCUT2D eigenvalue weighted by molar-refractivity contribution is 0.495. The zero-order chi connectivity index (χ0) is 12.1. The Morgan fingerprint density at radius 3 is 3.06 bits per heavy atom. The predicted molar refractivity (Wildman–Crippen MR) is 69.4 cm³/mol. The normalized spacial score (nSPS) is 12.4. The highest BCUT2D eigenvalue weighted by Crippen LogP contribution is 2.20. The van der Waals surface area contributed by atoms with Crippen LogP contribution >= 0.6 is 11.6 Å². The molecule has 90 valence electrons. The molecule has 0 aliphatic rings. The van der Waals surface area contributed by atoms with Gasteiger partial charge in [0.15, 0.2) is 0 Å². The molecule has 0 aromatic carbocycles.